The van der Waals surface area contributed by atoms with Gasteiger partial charge in [0.15, 0.2) is 0 Å². The number of hydrogen-bond acceptors (Lipinski definition) is 9. The summed E-state index contributed by atoms with van der Waals surface area (Å²) in [4.78, 5) is 62.1. The van der Waals surface area contributed by atoms with Crippen molar-refractivity contribution in [3.63, 3.8) is 0 Å². The number of rotatable bonds is 14. The fraction of sp³-hybridized carbons (Fsp3) is 0.459. The summed E-state index contributed by atoms with van der Waals surface area (Å²) in [7, 11) is 0. The van der Waals surface area contributed by atoms with Crippen LogP contribution in [0.3, 0.4) is 0 Å². The molecule has 278 valence electrons. The van der Waals surface area contributed by atoms with Crippen molar-refractivity contribution in [3.8, 4) is 0 Å². The Morgan fingerprint density at radius 2 is 1.73 bits per heavy atom. The van der Waals surface area contributed by atoms with Crippen molar-refractivity contribution < 1.29 is 33.2 Å². The number of benzene rings is 2. The number of H-pyrrole nitrogens is 1. The number of esters is 1. The fourth-order valence-corrected chi connectivity index (χ4v) is 6.88. The highest BCUT2D eigenvalue weighted by atomic mass is 35.5. The third-order valence-electron chi connectivity index (χ3n) is 9.74. The molecule has 4 N–H and O–H groups in total. The zero-order valence-electron chi connectivity index (χ0n) is 29.8. The number of aromatic nitrogens is 3. The van der Waals surface area contributed by atoms with E-state index in [2.05, 4.69) is 31.1 Å². The van der Waals surface area contributed by atoms with Crippen molar-refractivity contribution in [1.82, 2.24) is 31.1 Å². The monoisotopic (exact) mass is 754 g/mol. The molecular weight excluding hydrogens is 711 g/mol. The summed E-state index contributed by atoms with van der Waals surface area (Å²) in [6.45, 7) is 9.39. The molecule has 5 rings (SSSR count). The quantitative estimate of drug-likeness (QED) is 0.103. The number of halogens is 2. The molecule has 0 aliphatic heterocycles. The van der Waals surface area contributed by atoms with Gasteiger partial charge in [-0.3, -0.25) is 9.59 Å². The van der Waals surface area contributed by atoms with Crippen molar-refractivity contribution in [2.24, 2.45) is 11.8 Å². The molecule has 2 aromatic carbocycles. The Morgan fingerprint density at radius 3 is 2.42 bits per heavy atom. The van der Waals surface area contributed by atoms with E-state index >= 15 is 0 Å². The second kappa shape index (κ2) is 16.8. The van der Waals surface area contributed by atoms with E-state index in [9.17, 15) is 19.2 Å². The van der Waals surface area contributed by atoms with E-state index in [0.717, 1.165) is 22.2 Å². The van der Waals surface area contributed by atoms with Crippen molar-refractivity contribution in [3.05, 3.63) is 81.0 Å². The zero-order valence-corrected chi connectivity index (χ0v) is 31.3. The molecule has 5 atom stereocenters. The average Bonchev–Trinajstić information content (AvgIpc) is 3.77. The van der Waals surface area contributed by atoms with Gasteiger partial charge in [-0.1, -0.05) is 94.1 Å². The minimum Gasteiger partial charge on any atom is -0.460 e. The molecule has 0 saturated heterocycles. The molecule has 0 saturated carbocycles. The largest absolute Gasteiger partial charge is 0.460 e. The van der Waals surface area contributed by atoms with Gasteiger partial charge in [-0.15, -0.1) is 0 Å². The first-order chi connectivity index (χ1) is 24.9. The summed E-state index contributed by atoms with van der Waals surface area (Å²) in [6, 6.07) is 10.8. The number of carbonyl (C=O) groups excluding carboxylic acids is 4. The lowest BCUT2D eigenvalue weighted by Crippen LogP contribution is -2.65. The van der Waals surface area contributed by atoms with Gasteiger partial charge in [-0.05, 0) is 60.0 Å². The van der Waals surface area contributed by atoms with Gasteiger partial charge < -0.3 is 34.9 Å². The molecule has 0 fully saturated rings. The number of ether oxygens (including phenoxy) is 2. The topological polar surface area (TPSA) is 178 Å². The van der Waals surface area contributed by atoms with E-state index in [0.29, 0.717) is 34.8 Å². The minimum atomic E-state index is -1.51. The van der Waals surface area contributed by atoms with Crippen molar-refractivity contribution in [2.45, 2.75) is 91.0 Å². The molecule has 4 aromatic rings. The van der Waals surface area contributed by atoms with Crippen LogP contribution in [-0.2, 0) is 38.5 Å². The zero-order chi connectivity index (χ0) is 37.6. The average molecular weight is 756 g/mol. The maximum Gasteiger partial charge on any atom is 0.408 e. The van der Waals surface area contributed by atoms with E-state index < -0.39 is 41.5 Å². The molecule has 0 bridgehead atoms. The van der Waals surface area contributed by atoms with Crippen LogP contribution >= 0.6 is 23.2 Å². The third-order valence-corrected chi connectivity index (χ3v) is 10.3. The Balaban J connectivity index is 1.48. The predicted octanol–water partition coefficient (Wildman–Crippen LogP) is 6.62. The van der Waals surface area contributed by atoms with Crippen LogP contribution in [-0.4, -0.2) is 57.2 Å². The number of aromatic amines is 1. The lowest BCUT2D eigenvalue weighted by molar-refractivity contribution is -0.136. The van der Waals surface area contributed by atoms with Crippen LogP contribution < -0.4 is 16.0 Å². The number of alkyl carbamates (subject to hydrolysis) is 1. The van der Waals surface area contributed by atoms with E-state index in [4.69, 9.17) is 37.2 Å². The summed E-state index contributed by atoms with van der Waals surface area (Å²) in [5, 5.41) is 14.2. The summed E-state index contributed by atoms with van der Waals surface area (Å²) in [6.07, 6.45) is 1.06. The first kappa shape index (κ1) is 38.6. The first-order valence-corrected chi connectivity index (χ1v) is 18.2. The number of nitrogens with one attached hydrogen (secondary N) is 4. The van der Waals surface area contributed by atoms with Crippen LogP contribution in [0, 0.1) is 11.8 Å². The number of aryl methyl sites for hydroxylation is 1. The molecule has 52 heavy (non-hydrogen) atoms. The highest BCUT2D eigenvalue weighted by Crippen LogP contribution is 2.39. The normalized spacial score (nSPS) is 17.7. The van der Waals surface area contributed by atoms with Gasteiger partial charge in [0.2, 0.25) is 17.7 Å². The Kier molecular flexibility index (Phi) is 12.5. The summed E-state index contributed by atoms with van der Waals surface area (Å²) < 4.78 is 15.9. The molecular formula is C37H44Cl2N6O7. The minimum absolute atomic E-state index is 0.0207. The number of fused-ring (bicyclic) bond motifs is 3. The summed E-state index contributed by atoms with van der Waals surface area (Å²) in [5.74, 6) is -2.59. The maximum atomic E-state index is 14.8. The number of amides is 3. The number of nitrogens with zero attached hydrogens (tertiary/aromatic N) is 2. The van der Waals surface area contributed by atoms with Crippen molar-refractivity contribution >= 4 is 58.0 Å². The van der Waals surface area contributed by atoms with Gasteiger partial charge in [0.25, 0.3) is 5.82 Å². The Hall–Kier alpha value is -4.62. The molecule has 1 aliphatic rings. The van der Waals surface area contributed by atoms with E-state index in [1.165, 1.54) is 0 Å². The van der Waals surface area contributed by atoms with Crippen molar-refractivity contribution in [1.29, 1.82) is 0 Å². The molecule has 0 spiro atoms. The predicted molar refractivity (Wildman–Crippen MR) is 195 cm³/mol. The summed E-state index contributed by atoms with van der Waals surface area (Å²) >= 11 is 13.0. The first-order valence-electron chi connectivity index (χ1n) is 17.5. The Labute approximate surface area is 311 Å². The van der Waals surface area contributed by atoms with E-state index in [1.807, 2.05) is 58.0 Å². The molecule has 2 aromatic heterocycles. The molecule has 3 unspecified atom stereocenters. The fourth-order valence-electron chi connectivity index (χ4n) is 6.34. The van der Waals surface area contributed by atoms with Gasteiger partial charge in [0.1, 0.15) is 24.2 Å². The van der Waals surface area contributed by atoms with E-state index in [-0.39, 0.29) is 49.6 Å². The molecule has 1 aliphatic carbocycles. The standard InChI is InChI=1S/C37H44Cl2N6O7/c1-6-20(4)28(42-36(49)51-19-22-12-10-9-11-13-22)32(46)44-37(15-14-27-25(18-37)24-16-23(38)17-26(39)30(24)40-27)35(48)41-29(21(5)7-2)33-43-31(45-52-33)34(47)50-8-3/h9-13,16-17,20-21,28-29,40H,6-8,14-15,18-19H2,1-5H3,(H,41,48)(H,42,49)(H,44,46)/t20?,21-,28?,29?,37-/m0/s1. The molecule has 15 heteroatoms. The molecule has 0 radical (unpaired) electrons. The maximum absolute atomic E-state index is 14.8. The van der Waals surface area contributed by atoms with Crippen LogP contribution in [0.25, 0.3) is 10.9 Å². The smallest absolute Gasteiger partial charge is 0.408 e. The molecule has 3 amide bonds. The van der Waals surface area contributed by atoms with Crippen LogP contribution in [0.1, 0.15) is 93.3 Å². The lowest BCUT2D eigenvalue weighted by Gasteiger charge is -2.39. The van der Waals surface area contributed by atoms with Crippen LogP contribution in [0.4, 0.5) is 4.79 Å². The number of carbonyl (C=O) groups is 4. The second-order valence-electron chi connectivity index (χ2n) is 13.2. The van der Waals surface area contributed by atoms with E-state index in [1.54, 1.807) is 19.1 Å². The molecule has 2 heterocycles. The highest BCUT2D eigenvalue weighted by molar-refractivity contribution is 6.38. The van der Waals surface area contributed by atoms with Gasteiger partial charge in [0.05, 0.1) is 17.1 Å². The SMILES string of the molecule is CCOC(=O)c1noc(C(NC(=O)[C@]2(NC(=O)C(NC(=O)OCc3ccccc3)C(C)CC)CCc3[nH]c4c(Cl)cc(Cl)cc4c3C2)[C@@H](C)CC)n1. The summed E-state index contributed by atoms with van der Waals surface area (Å²) in [5.41, 5.74) is 1.60. The molecule has 13 nitrogen and oxygen atoms in total. The lowest BCUT2D eigenvalue weighted by atomic mass is 9.78. The second-order valence-corrected chi connectivity index (χ2v) is 14.1. The third kappa shape index (κ3) is 8.53. The van der Waals surface area contributed by atoms with Crippen molar-refractivity contribution in [2.75, 3.05) is 6.61 Å². The van der Waals surface area contributed by atoms with Crippen LogP contribution in [0.15, 0.2) is 47.0 Å². The highest BCUT2D eigenvalue weighted by Gasteiger charge is 2.47. The van der Waals surface area contributed by atoms with Crippen LogP contribution in [0.2, 0.25) is 10.0 Å². The van der Waals surface area contributed by atoms with Crippen LogP contribution in [0.5, 0.6) is 0 Å². The Morgan fingerprint density at radius 1 is 1.00 bits per heavy atom. The van der Waals surface area contributed by atoms with Gasteiger partial charge in [0, 0.05) is 22.5 Å². The Bertz CT molecular complexity index is 1910. The number of hydrogen-bond donors (Lipinski definition) is 4. The van der Waals surface area contributed by atoms with Gasteiger partial charge in [-0.2, -0.15) is 4.98 Å². The van der Waals surface area contributed by atoms with Gasteiger partial charge >= 0.3 is 12.1 Å². The van der Waals surface area contributed by atoms with Gasteiger partial charge in [-0.25, -0.2) is 9.59 Å².